The van der Waals surface area contributed by atoms with Crippen molar-refractivity contribution in [3.63, 3.8) is 0 Å². The van der Waals surface area contributed by atoms with Crippen molar-refractivity contribution in [3.8, 4) is 0 Å². The Morgan fingerprint density at radius 2 is 0.487 bits per heavy atom. The van der Waals surface area contributed by atoms with Gasteiger partial charge in [0.1, 0.15) is 13.2 Å². The van der Waals surface area contributed by atoms with Crippen LogP contribution in [0.2, 0.25) is 0 Å². The van der Waals surface area contributed by atoms with Crippen LogP contribution < -0.4 is 0 Å². The number of allylic oxidation sites excluding steroid dienone is 14. The van der Waals surface area contributed by atoms with E-state index in [1.165, 1.54) is 193 Å². The first kappa shape index (κ1) is 76.6. The van der Waals surface area contributed by atoms with Crippen LogP contribution in [0.1, 0.15) is 348 Å². The molecule has 0 N–H and O–H groups in total. The van der Waals surface area contributed by atoms with Crippen LogP contribution in [0.5, 0.6) is 0 Å². The second kappa shape index (κ2) is 68.1. The summed E-state index contributed by atoms with van der Waals surface area (Å²) in [4.78, 5) is 38.4. The van der Waals surface area contributed by atoms with Gasteiger partial charge >= 0.3 is 17.9 Å². The van der Waals surface area contributed by atoms with E-state index in [1.807, 2.05) is 0 Å². The molecule has 80 heavy (non-hydrogen) atoms. The highest BCUT2D eigenvalue weighted by molar-refractivity contribution is 5.71. The lowest BCUT2D eigenvalue weighted by Crippen LogP contribution is -2.30. The van der Waals surface area contributed by atoms with Gasteiger partial charge in [0.2, 0.25) is 0 Å². The quantitative estimate of drug-likeness (QED) is 0.0261. The number of carbonyl (C=O) groups is 3. The van der Waals surface area contributed by atoms with Crippen LogP contribution in [-0.2, 0) is 28.6 Å². The van der Waals surface area contributed by atoms with Gasteiger partial charge in [-0.2, -0.15) is 0 Å². The van der Waals surface area contributed by atoms with Gasteiger partial charge < -0.3 is 14.2 Å². The molecule has 0 amide bonds. The van der Waals surface area contributed by atoms with Gasteiger partial charge in [0.25, 0.3) is 0 Å². The standard InChI is InChI=1S/C74H130O6/c1-4-7-10-13-16-19-22-25-28-30-32-34-35-36-37-38-39-41-42-44-46-49-52-55-58-61-64-67-73(76)79-70-71(69-78-72(75)66-63-60-57-54-51-48-27-24-21-18-15-12-9-6-3)80-74(77)68-65-62-59-56-53-50-47-45-43-40-33-31-29-26-23-20-17-14-11-8-5-2/h8,11,17,20,24,26-27,29-30,32-33,40,45,47,71H,4-7,9-10,12-16,18-19,21-23,25,28,31,34-39,41-44,46,48-70H2,1-3H3/b11-8-,20-17-,27-24-,29-26-,32-30-,40-33-,47-45-. The third-order valence-electron chi connectivity index (χ3n) is 15.1. The molecule has 0 aromatic carbocycles. The minimum Gasteiger partial charge on any atom is -0.462 e. The van der Waals surface area contributed by atoms with E-state index in [9.17, 15) is 14.4 Å². The van der Waals surface area contributed by atoms with E-state index in [4.69, 9.17) is 14.2 Å². The van der Waals surface area contributed by atoms with E-state index < -0.39 is 6.10 Å². The molecule has 0 aromatic heterocycles. The molecule has 1 unspecified atom stereocenters. The molecule has 0 aliphatic carbocycles. The van der Waals surface area contributed by atoms with Crippen LogP contribution in [0.25, 0.3) is 0 Å². The minimum absolute atomic E-state index is 0.0850. The molecule has 1 atom stereocenters. The predicted molar refractivity (Wildman–Crippen MR) is 348 cm³/mol. The molecule has 0 saturated carbocycles. The van der Waals surface area contributed by atoms with Gasteiger partial charge in [-0.05, 0) is 116 Å². The average Bonchev–Trinajstić information content (AvgIpc) is 3.46. The molecule has 0 rings (SSSR count). The Kier molecular flexibility index (Phi) is 65.2. The topological polar surface area (TPSA) is 78.9 Å². The molecule has 0 aliphatic rings. The largest absolute Gasteiger partial charge is 0.462 e. The number of esters is 3. The molecule has 0 fully saturated rings. The highest BCUT2D eigenvalue weighted by Gasteiger charge is 2.19. The van der Waals surface area contributed by atoms with Crippen LogP contribution in [0.3, 0.4) is 0 Å². The number of hydrogen-bond donors (Lipinski definition) is 0. The number of carbonyl (C=O) groups excluding carboxylic acids is 3. The maximum atomic E-state index is 12.9. The van der Waals surface area contributed by atoms with E-state index >= 15 is 0 Å². The Balaban J connectivity index is 4.31. The summed E-state index contributed by atoms with van der Waals surface area (Å²) in [6.45, 7) is 6.54. The summed E-state index contributed by atoms with van der Waals surface area (Å²) in [6.07, 6.45) is 90.3. The summed E-state index contributed by atoms with van der Waals surface area (Å²) in [6, 6.07) is 0. The van der Waals surface area contributed by atoms with E-state index in [0.717, 1.165) is 116 Å². The van der Waals surface area contributed by atoms with Crippen molar-refractivity contribution >= 4 is 17.9 Å². The van der Waals surface area contributed by atoms with Crippen molar-refractivity contribution in [2.24, 2.45) is 0 Å². The first-order valence-corrected chi connectivity index (χ1v) is 34.6. The molecular formula is C74H130O6. The summed E-state index contributed by atoms with van der Waals surface area (Å²) in [5.74, 6) is -0.897. The SMILES string of the molecule is CC/C=C\C/C=C\C/C=C\C/C=C\C/C=C\CCCCCCCC(=O)OC(COC(=O)CCCCCCC/C=C\CCCCCCC)COC(=O)CCCCCCCCCCCCCCCCC/C=C\CCCCCCCCCC. The van der Waals surface area contributed by atoms with Crippen molar-refractivity contribution in [2.45, 2.75) is 354 Å². The Morgan fingerprint density at radius 3 is 0.775 bits per heavy atom. The molecule has 0 spiro atoms. The van der Waals surface area contributed by atoms with Gasteiger partial charge in [-0.3, -0.25) is 14.4 Å². The molecule has 0 bridgehead atoms. The molecule has 462 valence electrons. The molecule has 0 aliphatic heterocycles. The highest BCUT2D eigenvalue weighted by Crippen LogP contribution is 2.17. The van der Waals surface area contributed by atoms with Crippen LogP contribution >= 0.6 is 0 Å². The second-order valence-electron chi connectivity index (χ2n) is 23.1. The number of unbranched alkanes of at least 4 members (excludes halogenated alkanes) is 38. The van der Waals surface area contributed by atoms with E-state index in [1.54, 1.807) is 0 Å². The fourth-order valence-electron chi connectivity index (χ4n) is 9.93. The summed E-state index contributed by atoms with van der Waals surface area (Å²) in [5.41, 5.74) is 0. The highest BCUT2D eigenvalue weighted by atomic mass is 16.6. The van der Waals surface area contributed by atoms with E-state index in [-0.39, 0.29) is 31.1 Å². The van der Waals surface area contributed by atoms with Gasteiger partial charge in [-0.1, -0.05) is 298 Å². The molecule has 0 radical (unpaired) electrons. The third-order valence-corrected chi connectivity index (χ3v) is 15.1. The number of ether oxygens (including phenoxy) is 3. The fraction of sp³-hybridized carbons (Fsp3) is 0.770. The van der Waals surface area contributed by atoms with Gasteiger partial charge in [0.05, 0.1) is 0 Å². The Labute approximate surface area is 496 Å². The van der Waals surface area contributed by atoms with Gasteiger partial charge in [-0.25, -0.2) is 0 Å². The zero-order valence-electron chi connectivity index (χ0n) is 53.1. The average molecular weight is 1120 g/mol. The van der Waals surface area contributed by atoms with Crippen LogP contribution in [-0.4, -0.2) is 37.2 Å². The van der Waals surface area contributed by atoms with Crippen molar-refractivity contribution in [1.82, 2.24) is 0 Å². The predicted octanol–water partition coefficient (Wildman–Crippen LogP) is 23.8. The molecular weight excluding hydrogens is 985 g/mol. The Morgan fingerprint density at radius 1 is 0.263 bits per heavy atom. The second-order valence-corrected chi connectivity index (χ2v) is 23.1. The third kappa shape index (κ3) is 65.4. The summed E-state index contributed by atoms with van der Waals surface area (Å²) in [7, 11) is 0. The first-order valence-electron chi connectivity index (χ1n) is 34.6. The number of hydrogen-bond acceptors (Lipinski definition) is 6. The van der Waals surface area contributed by atoms with Crippen LogP contribution in [0.15, 0.2) is 85.1 Å². The molecule has 6 nitrogen and oxygen atoms in total. The molecule has 0 heterocycles. The van der Waals surface area contributed by atoms with Crippen molar-refractivity contribution in [2.75, 3.05) is 13.2 Å². The van der Waals surface area contributed by atoms with Crippen LogP contribution in [0.4, 0.5) is 0 Å². The smallest absolute Gasteiger partial charge is 0.306 e. The normalized spacial score (nSPS) is 12.6. The van der Waals surface area contributed by atoms with Gasteiger partial charge in [-0.15, -0.1) is 0 Å². The monoisotopic (exact) mass is 1110 g/mol. The maximum Gasteiger partial charge on any atom is 0.306 e. The van der Waals surface area contributed by atoms with Crippen molar-refractivity contribution < 1.29 is 28.6 Å². The van der Waals surface area contributed by atoms with E-state index in [0.29, 0.717) is 19.3 Å². The Hall–Kier alpha value is -3.41. The zero-order valence-corrected chi connectivity index (χ0v) is 53.1. The fourth-order valence-corrected chi connectivity index (χ4v) is 9.93. The zero-order chi connectivity index (χ0) is 57.8. The molecule has 0 saturated heterocycles. The van der Waals surface area contributed by atoms with E-state index in [2.05, 4.69) is 106 Å². The maximum absolute atomic E-state index is 12.9. The first-order chi connectivity index (χ1) is 39.5. The summed E-state index contributed by atoms with van der Waals surface area (Å²) >= 11 is 0. The van der Waals surface area contributed by atoms with Crippen molar-refractivity contribution in [1.29, 1.82) is 0 Å². The lowest BCUT2D eigenvalue weighted by molar-refractivity contribution is -0.167. The van der Waals surface area contributed by atoms with Crippen molar-refractivity contribution in [3.05, 3.63) is 85.1 Å². The summed E-state index contributed by atoms with van der Waals surface area (Å²) < 4.78 is 17.0. The lowest BCUT2D eigenvalue weighted by atomic mass is 10.0. The summed E-state index contributed by atoms with van der Waals surface area (Å²) in [5, 5.41) is 0. The minimum atomic E-state index is -0.792. The number of rotatable bonds is 63. The molecule has 0 aromatic rings. The van der Waals surface area contributed by atoms with Crippen LogP contribution in [0, 0.1) is 0 Å². The Bertz CT molecular complexity index is 1520. The molecule has 6 heteroatoms. The van der Waals surface area contributed by atoms with Gasteiger partial charge in [0.15, 0.2) is 6.10 Å². The van der Waals surface area contributed by atoms with Gasteiger partial charge in [0, 0.05) is 19.3 Å². The lowest BCUT2D eigenvalue weighted by Gasteiger charge is -2.18.